The van der Waals surface area contributed by atoms with Crippen LogP contribution in [-0.2, 0) is 5.41 Å². The Labute approximate surface area is 317 Å². The molecule has 0 aromatic heterocycles. The maximum absolute atomic E-state index is 2.45. The molecule has 0 fully saturated rings. The van der Waals surface area contributed by atoms with Crippen LogP contribution in [0, 0.1) is 0 Å². The molecule has 1 aliphatic carbocycles. The van der Waals surface area contributed by atoms with Gasteiger partial charge in [0.2, 0.25) is 0 Å². The van der Waals surface area contributed by atoms with Crippen LogP contribution in [0.1, 0.15) is 25.0 Å². The SMILES string of the molecule is CC1(C)c2cc(N(c3ccc(-c4cccc5cccc(-c6ccccc6)c45)cc3)c3ccccc3-c3ccccc3)ccc2-c2ccc3ccccc3c21. The van der Waals surface area contributed by atoms with Crippen molar-refractivity contribution < 1.29 is 0 Å². The van der Waals surface area contributed by atoms with E-state index in [0.717, 1.165) is 17.1 Å². The van der Waals surface area contributed by atoms with Crippen molar-refractivity contribution in [1.29, 1.82) is 0 Å². The van der Waals surface area contributed by atoms with Gasteiger partial charge < -0.3 is 4.90 Å². The van der Waals surface area contributed by atoms with Crippen LogP contribution in [0.2, 0.25) is 0 Å². The van der Waals surface area contributed by atoms with E-state index >= 15 is 0 Å². The van der Waals surface area contributed by atoms with E-state index in [0.29, 0.717) is 0 Å². The zero-order chi connectivity index (χ0) is 36.2. The summed E-state index contributed by atoms with van der Waals surface area (Å²) in [6.07, 6.45) is 0. The van der Waals surface area contributed by atoms with Gasteiger partial charge in [-0.25, -0.2) is 0 Å². The molecule has 0 atom stereocenters. The molecule has 0 unspecified atom stereocenters. The summed E-state index contributed by atoms with van der Waals surface area (Å²) in [5.74, 6) is 0. The Balaban J connectivity index is 1.14. The lowest BCUT2D eigenvalue weighted by atomic mass is 9.80. The van der Waals surface area contributed by atoms with E-state index < -0.39 is 0 Å². The average molecular weight is 690 g/mol. The number of rotatable bonds is 6. The van der Waals surface area contributed by atoms with Crippen LogP contribution < -0.4 is 4.90 Å². The van der Waals surface area contributed by atoms with Crippen LogP contribution in [-0.4, -0.2) is 0 Å². The molecular formula is C53H39N. The first-order valence-corrected chi connectivity index (χ1v) is 18.9. The highest BCUT2D eigenvalue weighted by Gasteiger charge is 2.37. The topological polar surface area (TPSA) is 3.24 Å². The van der Waals surface area contributed by atoms with Crippen LogP contribution in [0.3, 0.4) is 0 Å². The fraction of sp³-hybridized carbons (Fsp3) is 0.0566. The average Bonchev–Trinajstić information content (AvgIpc) is 3.47. The summed E-state index contributed by atoms with van der Waals surface area (Å²) in [4.78, 5) is 2.45. The van der Waals surface area contributed by atoms with Crippen molar-refractivity contribution in [1.82, 2.24) is 0 Å². The summed E-state index contributed by atoms with van der Waals surface area (Å²) in [6.45, 7) is 4.78. The minimum absolute atomic E-state index is 0.166. The molecule has 10 rings (SSSR count). The lowest BCUT2D eigenvalue weighted by molar-refractivity contribution is 0.666. The number of anilines is 3. The van der Waals surface area contributed by atoms with E-state index in [4.69, 9.17) is 0 Å². The van der Waals surface area contributed by atoms with Crippen molar-refractivity contribution in [2.24, 2.45) is 0 Å². The summed E-state index contributed by atoms with van der Waals surface area (Å²) in [5.41, 5.74) is 16.0. The van der Waals surface area contributed by atoms with E-state index in [1.165, 1.54) is 77.2 Å². The zero-order valence-corrected chi connectivity index (χ0v) is 30.5. The third-order valence-electron chi connectivity index (χ3n) is 11.4. The van der Waals surface area contributed by atoms with E-state index in [-0.39, 0.29) is 5.41 Å². The van der Waals surface area contributed by atoms with Crippen LogP contribution in [0.5, 0.6) is 0 Å². The van der Waals surface area contributed by atoms with Gasteiger partial charge in [-0.05, 0) is 102 Å². The first kappa shape index (κ1) is 32.0. The minimum Gasteiger partial charge on any atom is -0.310 e. The maximum atomic E-state index is 2.45. The van der Waals surface area contributed by atoms with Crippen LogP contribution in [0.25, 0.3) is 66.1 Å². The number of hydrogen-bond donors (Lipinski definition) is 0. The smallest absolute Gasteiger partial charge is 0.0540 e. The Hall–Kier alpha value is -6.70. The first-order valence-electron chi connectivity index (χ1n) is 18.9. The summed E-state index contributed by atoms with van der Waals surface area (Å²) in [7, 11) is 0. The molecule has 0 saturated carbocycles. The van der Waals surface area contributed by atoms with Gasteiger partial charge in [0.25, 0.3) is 0 Å². The van der Waals surface area contributed by atoms with Gasteiger partial charge in [-0.1, -0.05) is 184 Å². The Kier molecular flexibility index (Phi) is 7.56. The molecule has 9 aromatic carbocycles. The summed E-state index contributed by atoms with van der Waals surface area (Å²) >= 11 is 0. The molecular weight excluding hydrogens is 651 g/mol. The Bertz CT molecular complexity index is 2830. The molecule has 256 valence electrons. The highest BCUT2D eigenvalue weighted by Crippen LogP contribution is 2.53. The number of nitrogens with zero attached hydrogens (tertiary/aromatic N) is 1. The molecule has 9 aromatic rings. The number of hydrogen-bond acceptors (Lipinski definition) is 1. The Morgan fingerprint density at radius 2 is 0.907 bits per heavy atom. The second-order valence-electron chi connectivity index (χ2n) is 14.9. The minimum atomic E-state index is -0.166. The molecule has 0 saturated heterocycles. The molecule has 0 radical (unpaired) electrons. The number of benzene rings is 9. The lowest BCUT2D eigenvalue weighted by Crippen LogP contribution is -2.17. The molecule has 0 heterocycles. The second kappa shape index (κ2) is 12.8. The van der Waals surface area contributed by atoms with Crippen molar-refractivity contribution in [2.75, 3.05) is 4.90 Å². The third kappa shape index (κ3) is 5.16. The van der Waals surface area contributed by atoms with Gasteiger partial charge in [-0.3, -0.25) is 0 Å². The summed E-state index contributed by atoms with van der Waals surface area (Å²) < 4.78 is 0. The van der Waals surface area contributed by atoms with Gasteiger partial charge in [0.15, 0.2) is 0 Å². The van der Waals surface area contributed by atoms with Gasteiger partial charge in [0, 0.05) is 22.4 Å². The van der Waals surface area contributed by atoms with Crippen LogP contribution in [0.4, 0.5) is 17.1 Å². The predicted octanol–water partition coefficient (Wildman–Crippen LogP) is 14.8. The fourth-order valence-corrected chi connectivity index (χ4v) is 8.91. The van der Waals surface area contributed by atoms with Crippen LogP contribution >= 0.6 is 0 Å². The molecule has 54 heavy (non-hydrogen) atoms. The first-order chi connectivity index (χ1) is 26.6. The van der Waals surface area contributed by atoms with Gasteiger partial charge in [-0.15, -0.1) is 0 Å². The van der Waals surface area contributed by atoms with Gasteiger partial charge in [-0.2, -0.15) is 0 Å². The van der Waals surface area contributed by atoms with Gasteiger partial charge in [0.1, 0.15) is 0 Å². The second-order valence-corrected chi connectivity index (χ2v) is 14.9. The van der Waals surface area contributed by atoms with Gasteiger partial charge in [0.05, 0.1) is 5.69 Å². The Morgan fingerprint density at radius 3 is 1.63 bits per heavy atom. The van der Waals surface area contributed by atoms with Crippen LogP contribution in [0.15, 0.2) is 200 Å². The predicted molar refractivity (Wildman–Crippen MR) is 230 cm³/mol. The molecule has 0 aliphatic heterocycles. The molecule has 1 nitrogen and oxygen atoms in total. The number of para-hydroxylation sites is 1. The fourth-order valence-electron chi connectivity index (χ4n) is 8.91. The molecule has 0 amide bonds. The molecule has 0 spiro atoms. The highest BCUT2D eigenvalue weighted by atomic mass is 15.1. The highest BCUT2D eigenvalue weighted by molar-refractivity contribution is 6.06. The zero-order valence-electron chi connectivity index (χ0n) is 30.5. The normalized spacial score (nSPS) is 12.8. The quantitative estimate of drug-likeness (QED) is 0.168. The largest absolute Gasteiger partial charge is 0.310 e. The van der Waals surface area contributed by atoms with Crippen molar-refractivity contribution in [3.05, 3.63) is 211 Å². The van der Waals surface area contributed by atoms with E-state index in [2.05, 4.69) is 219 Å². The van der Waals surface area contributed by atoms with Crippen molar-refractivity contribution in [3.63, 3.8) is 0 Å². The molecule has 1 heteroatoms. The van der Waals surface area contributed by atoms with E-state index in [9.17, 15) is 0 Å². The van der Waals surface area contributed by atoms with E-state index in [1.807, 2.05) is 0 Å². The van der Waals surface area contributed by atoms with Crippen molar-refractivity contribution in [3.8, 4) is 44.5 Å². The van der Waals surface area contributed by atoms with Gasteiger partial charge >= 0.3 is 0 Å². The molecule has 1 aliphatic rings. The van der Waals surface area contributed by atoms with Crippen molar-refractivity contribution in [2.45, 2.75) is 19.3 Å². The number of fused-ring (bicyclic) bond motifs is 6. The maximum Gasteiger partial charge on any atom is 0.0540 e. The standard InChI is InChI=1S/C53H39N/c1-53(2)49-35-42(32-34-47(49)48-33-29-38-19-9-10-23-46(38)52(48)53)54(50-26-12-11-22-43(50)36-15-5-3-6-16-36)41-30-27-39(28-31-41)45-25-14-21-40-20-13-24-44(51(40)45)37-17-7-4-8-18-37/h3-35H,1-2H3. The molecule has 0 N–H and O–H groups in total. The Morgan fingerprint density at radius 1 is 0.370 bits per heavy atom. The lowest BCUT2D eigenvalue weighted by Gasteiger charge is -2.30. The van der Waals surface area contributed by atoms with Crippen molar-refractivity contribution >= 4 is 38.6 Å². The summed E-state index contributed by atoms with van der Waals surface area (Å²) in [5, 5.41) is 5.14. The monoisotopic (exact) mass is 689 g/mol. The van der Waals surface area contributed by atoms with E-state index in [1.54, 1.807) is 0 Å². The summed E-state index contributed by atoms with van der Waals surface area (Å²) in [6, 6.07) is 73.3. The molecule has 0 bridgehead atoms. The third-order valence-corrected chi connectivity index (χ3v) is 11.4.